The molecule has 0 aromatic rings. The van der Waals surface area contributed by atoms with Gasteiger partial charge in [-0.15, -0.1) is 0 Å². The summed E-state index contributed by atoms with van der Waals surface area (Å²) in [5.41, 5.74) is -1.11. The smallest absolute Gasteiger partial charge is 0.317 e. The van der Waals surface area contributed by atoms with Gasteiger partial charge in [-0.25, -0.2) is 0 Å². The first-order valence-electron chi connectivity index (χ1n) is 9.85. The Bertz CT molecular complexity index is 627. The van der Waals surface area contributed by atoms with Crippen molar-refractivity contribution in [2.24, 2.45) is 5.41 Å². The molecule has 0 aromatic carbocycles. The Balaban J connectivity index is 4.14. The maximum Gasteiger partial charge on any atom is 0.317 e. The highest BCUT2D eigenvalue weighted by molar-refractivity contribution is 7.99. The molecule has 1 atom stereocenters. The van der Waals surface area contributed by atoms with E-state index in [1.54, 1.807) is 14.0 Å². The first-order chi connectivity index (χ1) is 14.5. The third-order valence-electron chi connectivity index (χ3n) is 3.92. The van der Waals surface area contributed by atoms with Gasteiger partial charge in [0.25, 0.3) is 0 Å². The van der Waals surface area contributed by atoms with Gasteiger partial charge in [0, 0.05) is 37.7 Å². The van der Waals surface area contributed by atoms with E-state index in [9.17, 15) is 29.1 Å². The van der Waals surface area contributed by atoms with Crippen molar-refractivity contribution in [2.45, 2.75) is 39.7 Å². The van der Waals surface area contributed by atoms with Gasteiger partial charge in [-0.2, -0.15) is 11.8 Å². The highest BCUT2D eigenvalue weighted by Gasteiger charge is 2.35. The zero-order valence-corrected chi connectivity index (χ0v) is 19.3. The van der Waals surface area contributed by atoms with Crippen LogP contribution in [-0.4, -0.2) is 85.7 Å². The van der Waals surface area contributed by atoms with Crippen molar-refractivity contribution in [3.8, 4) is 0 Å². The lowest BCUT2D eigenvalue weighted by atomic mass is 9.87. The molecule has 4 N–H and O–H groups in total. The number of rotatable bonds is 15. The van der Waals surface area contributed by atoms with Crippen molar-refractivity contribution in [3.63, 3.8) is 0 Å². The monoisotopic (exact) mass is 463 g/mol. The van der Waals surface area contributed by atoms with E-state index in [4.69, 9.17) is 4.74 Å². The number of nitrogens with one attached hydrogen (secondary N) is 3. The Hall–Kier alpha value is -2.34. The van der Waals surface area contributed by atoms with Gasteiger partial charge < -0.3 is 30.5 Å². The van der Waals surface area contributed by atoms with Crippen molar-refractivity contribution in [2.75, 3.05) is 44.9 Å². The maximum absolute atomic E-state index is 12.1. The first-order valence-corrected chi connectivity index (χ1v) is 11.0. The zero-order valence-electron chi connectivity index (χ0n) is 18.4. The molecule has 0 spiro atoms. The highest BCUT2D eigenvalue weighted by atomic mass is 32.2. The minimum atomic E-state index is -1.49. The predicted molar refractivity (Wildman–Crippen MR) is 114 cm³/mol. The molecule has 0 aliphatic rings. The molecule has 0 aliphatic heterocycles. The molecule has 178 valence electrons. The summed E-state index contributed by atoms with van der Waals surface area (Å²) in [5, 5.41) is 17.8. The topological polar surface area (TPSA) is 160 Å². The Morgan fingerprint density at radius 1 is 1.00 bits per heavy atom. The molecular weight excluding hydrogens is 430 g/mol. The van der Waals surface area contributed by atoms with Crippen molar-refractivity contribution < 1.29 is 38.6 Å². The van der Waals surface area contributed by atoms with E-state index < -0.39 is 35.8 Å². The summed E-state index contributed by atoms with van der Waals surface area (Å²) in [6, 6.07) is 0. The van der Waals surface area contributed by atoms with E-state index in [1.165, 1.54) is 25.6 Å². The normalized spacial score (nSPS) is 11.8. The van der Waals surface area contributed by atoms with Crippen LogP contribution in [-0.2, 0) is 33.4 Å². The fraction of sp³-hybridized carbons (Fsp3) is 0.737. The van der Waals surface area contributed by atoms with Crippen LogP contribution in [0.2, 0.25) is 0 Å². The standard InChI is InChI=1S/C19H33N3O8S/c1-5-29-15(25)10-16(26)30-12-19(2,3)17(27)18(28)22-7-6-13(23)21-8-9-31-11-14(24)20-4/h17,27H,5-12H2,1-4H3,(H,20,24)(H,21,23)(H,22,28)/t17-/m1/s1. The quantitative estimate of drug-likeness (QED) is 0.135. The van der Waals surface area contributed by atoms with Crippen LogP contribution in [0.4, 0.5) is 0 Å². The third-order valence-corrected chi connectivity index (χ3v) is 4.88. The Labute approximate surface area is 186 Å². The van der Waals surface area contributed by atoms with Gasteiger partial charge in [-0.05, 0) is 6.92 Å². The summed E-state index contributed by atoms with van der Waals surface area (Å²) in [6.07, 6.45) is -2.02. The number of aliphatic hydroxyl groups is 1. The SMILES string of the molecule is CCOC(=O)CC(=O)OCC(C)(C)[C@H](O)C(=O)NCCC(=O)NCCSCC(=O)NC. The number of aliphatic hydroxyl groups excluding tert-OH is 1. The molecule has 0 heterocycles. The minimum absolute atomic E-state index is 0.0197. The zero-order chi connectivity index (χ0) is 23.9. The number of carbonyl (C=O) groups is 5. The van der Waals surface area contributed by atoms with Crippen molar-refractivity contribution in [3.05, 3.63) is 0 Å². The van der Waals surface area contributed by atoms with E-state index >= 15 is 0 Å². The van der Waals surface area contributed by atoms with E-state index in [1.807, 2.05) is 0 Å². The lowest BCUT2D eigenvalue weighted by Gasteiger charge is -2.28. The molecule has 0 rings (SSSR count). The molecular formula is C19H33N3O8S. The van der Waals surface area contributed by atoms with Crippen LogP contribution < -0.4 is 16.0 Å². The molecule has 0 saturated heterocycles. The third kappa shape index (κ3) is 13.6. The number of thioether (sulfide) groups is 1. The molecule has 0 saturated carbocycles. The van der Waals surface area contributed by atoms with Crippen LogP contribution in [0.3, 0.4) is 0 Å². The summed E-state index contributed by atoms with van der Waals surface area (Å²) >= 11 is 1.38. The summed E-state index contributed by atoms with van der Waals surface area (Å²) in [5.74, 6) is -1.71. The Morgan fingerprint density at radius 3 is 2.26 bits per heavy atom. The molecule has 0 unspecified atom stereocenters. The molecule has 11 nitrogen and oxygen atoms in total. The van der Waals surface area contributed by atoms with Gasteiger partial charge in [-0.3, -0.25) is 24.0 Å². The molecule has 0 fully saturated rings. The molecule has 0 aromatic heterocycles. The van der Waals surface area contributed by atoms with E-state index in [0.29, 0.717) is 18.1 Å². The summed E-state index contributed by atoms with van der Waals surface area (Å²) in [4.78, 5) is 57.8. The van der Waals surface area contributed by atoms with Crippen LogP contribution in [0.1, 0.15) is 33.6 Å². The largest absolute Gasteiger partial charge is 0.466 e. The second kappa shape index (κ2) is 15.5. The van der Waals surface area contributed by atoms with Gasteiger partial charge in [0.15, 0.2) is 0 Å². The Morgan fingerprint density at radius 2 is 1.65 bits per heavy atom. The Kier molecular flexibility index (Phi) is 14.3. The number of amides is 3. The second-order valence-electron chi connectivity index (χ2n) is 7.15. The molecule has 31 heavy (non-hydrogen) atoms. The highest BCUT2D eigenvalue weighted by Crippen LogP contribution is 2.21. The van der Waals surface area contributed by atoms with Crippen LogP contribution in [0.15, 0.2) is 0 Å². The molecule has 0 aliphatic carbocycles. The van der Waals surface area contributed by atoms with E-state index in [0.717, 1.165) is 0 Å². The van der Waals surface area contributed by atoms with Crippen molar-refractivity contribution in [1.29, 1.82) is 0 Å². The second-order valence-corrected chi connectivity index (χ2v) is 8.26. The number of hydrogen-bond donors (Lipinski definition) is 4. The fourth-order valence-corrected chi connectivity index (χ4v) is 2.79. The van der Waals surface area contributed by atoms with Gasteiger partial charge in [-0.1, -0.05) is 13.8 Å². The van der Waals surface area contributed by atoms with Gasteiger partial charge in [0.05, 0.1) is 19.0 Å². The molecule has 12 heteroatoms. The summed E-state index contributed by atoms with van der Waals surface area (Å²) in [7, 11) is 1.55. The maximum atomic E-state index is 12.1. The number of hydrogen-bond acceptors (Lipinski definition) is 9. The van der Waals surface area contributed by atoms with Gasteiger partial charge in [0.2, 0.25) is 17.7 Å². The molecule has 0 radical (unpaired) electrons. The average Bonchev–Trinajstić information content (AvgIpc) is 2.71. The van der Waals surface area contributed by atoms with Crippen molar-refractivity contribution >= 4 is 41.4 Å². The lowest BCUT2D eigenvalue weighted by Crippen LogP contribution is -2.47. The van der Waals surface area contributed by atoms with Crippen LogP contribution >= 0.6 is 11.8 Å². The number of carbonyl (C=O) groups excluding carboxylic acids is 5. The van der Waals surface area contributed by atoms with E-state index in [2.05, 4.69) is 20.7 Å². The molecule has 3 amide bonds. The van der Waals surface area contributed by atoms with Crippen molar-refractivity contribution in [1.82, 2.24) is 16.0 Å². The van der Waals surface area contributed by atoms with Crippen LogP contribution in [0.25, 0.3) is 0 Å². The lowest BCUT2D eigenvalue weighted by molar-refractivity contribution is -0.159. The fourth-order valence-electron chi connectivity index (χ4n) is 2.07. The predicted octanol–water partition coefficient (Wildman–Crippen LogP) is -1.03. The number of ether oxygens (including phenoxy) is 2. The van der Waals surface area contributed by atoms with Crippen LogP contribution in [0, 0.1) is 5.41 Å². The summed E-state index contributed by atoms with van der Waals surface area (Å²) in [6.45, 7) is 4.93. The summed E-state index contributed by atoms with van der Waals surface area (Å²) < 4.78 is 9.59. The molecule has 0 bridgehead atoms. The number of esters is 2. The average molecular weight is 464 g/mol. The first kappa shape index (κ1) is 28.7. The van der Waals surface area contributed by atoms with Crippen LogP contribution in [0.5, 0.6) is 0 Å². The van der Waals surface area contributed by atoms with Gasteiger partial charge in [0.1, 0.15) is 12.5 Å². The van der Waals surface area contributed by atoms with E-state index in [-0.39, 0.29) is 38.0 Å². The minimum Gasteiger partial charge on any atom is -0.466 e. The van der Waals surface area contributed by atoms with Gasteiger partial charge >= 0.3 is 11.9 Å².